The van der Waals surface area contributed by atoms with Crippen LogP contribution < -0.4 is 10.6 Å². The van der Waals surface area contributed by atoms with Gasteiger partial charge in [0.2, 0.25) is 5.91 Å². The van der Waals surface area contributed by atoms with Crippen molar-refractivity contribution in [1.29, 1.82) is 0 Å². The molecular weight excluding hydrogens is 265 g/mol. The highest BCUT2D eigenvalue weighted by molar-refractivity contribution is 7.62. The molecule has 0 aliphatic carbocycles. The third-order valence-corrected chi connectivity index (χ3v) is 4.20. The number of benzene rings is 1. The largest absolute Gasteiger partial charge is 0.362 e. The fourth-order valence-electron chi connectivity index (χ4n) is 1.30. The van der Waals surface area contributed by atoms with Gasteiger partial charge in [-0.1, -0.05) is 11.6 Å². The van der Waals surface area contributed by atoms with Crippen molar-refractivity contribution in [3.63, 3.8) is 0 Å². The predicted molar refractivity (Wildman–Crippen MR) is 67.0 cm³/mol. The van der Waals surface area contributed by atoms with E-state index < -0.39 is 7.60 Å². The van der Waals surface area contributed by atoms with Crippen LogP contribution in [0.1, 0.15) is 6.92 Å². The van der Waals surface area contributed by atoms with Crippen LogP contribution in [-0.4, -0.2) is 20.1 Å². The molecule has 0 saturated carbocycles. The van der Waals surface area contributed by atoms with Crippen LogP contribution in [0.3, 0.4) is 0 Å². The van der Waals surface area contributed by atoms with Crippen LogP contribution in [0.2, 0.25) is 5.02 Å². The van der Waals surface area contributed by atoms with E-state index in [-0.39, 0.29) is 11.2 Å². The number of hydrogen-bond donors (Lipinski definition) is 1. The number of amides is 1. The molecule has 1 N–H and O–H groups in total. The Labute approximate surface area is 105 Å². The van der Waals surface area contributed by atoms with Gasteiger partial charge in [0.05, 0.1) is 11.0 Å². The number of hydrogen-bond acceptors (Lipinski definition) is 4. The molecule has 0 bridgehead atoms. The lowest BCUT2D eigenvalue weighted by Crippen LogP contribution is -2.17. The van der Waals surface area contributed by atoms with Gasteiger partial charge < -0.3 is 14.4 Å². The molecule has 0 fully saturated rings. The number of carbonyl (C=O) groups is 1. The molecule has 1 aromatic rings. The van der Waals surface area contributed by atoms with Crippen molar-refractivity contribution in [2.24, 2.45) is 0 Å². The first-order valence-electron chi connectivity index (χ1n) is 4.72. The Bertz CT molecular complexity index is 469. The molecule has 0 spiro atoms. The third kappa shape index (κ3) is 3.30. The Hall–Kier alpha value is -0.870. The maximum atomic E-state index is 12.3. The van der Waals surface area contributed by atoms with E-state index in [0.717, 1.165) is 0 Å². The number of halogens is 1. The summed E-state index contributed by atoms with van der Waals surface area (Å²) in [5, 5.41) is 3.15. The fourth-order valence-corrected chi connectivity index (χ4v) is 2.81. The minimum Gasteiger partial charge on any atom is -0.325 e. The zero-order valence-corrected chi connectivity index (χ0v) is 11.3. The molecule has 0 heterocycles. The van der Waals surface area contributed by atoms with Crippen LogP contribution in [0.15, 0.2) is 18.2 Å². The second kappa shape index (κ2) is 5.65. The summed E-state index contributed by atoms with van der Waals surface area (Å²) >= 11 is 5.83. The molecule has 0 aliphatic rings. The van der Waals surface area contributed by atoms with Gasteiger partial charge in [-0.2, -0.15) is 0 Å². The average Bonchev–Trinajstić information content (AvgIpc) is 2.30. The topological polar surface area (TPSA) is 64.6 Å². The average molecular weight is 278 g/mol. The van der Waals surface area contributed by atoms with E-state index in [4.69, 9.17) is 20.6 Å². The Morgan fingerprint density at radius 1 is 1.35 bits per heavy atom. The van der Waals surface area contributed by atoms with Gasteiger partial charge in [-0.3, -0.25) is 9.36 Å². The van der Waals surface area contributed by atoms with Crippen LogP contribution in [0.25, 0.3) is 0 Å². The quantitative estimate of drug-likeness (QED) is 0.859. The minimum absolute atomic E-state index is 0.227. The minimum atomic E-state index is -3.45. The highest BCUT2D eigenvalue weighted by atomic mass is 35.5. The number of anilines is 1. The molecule has 1 aromatic carbocycles. The van der Waals surface area contributed by atoms with Gasteiger partial charge in [0.15, 0.2) is 0 Å². The summed E-state index contributed by atoms with van der Waals surface area (Å²) < 4.78 is 22.0. The van der Waals surface area contributed by atoms with E-state index in [1.807, 2.05) is 0 Å². The Morgan fingerprint density at radius 3 is 2.41 bits per heavy atom. The Morgan fingerprint density at radius 2 is 1.94 bits per heavy atom. The first-order chi connectivity index (χ1) is 7.92. The van der Waals surface area contributed by atoms with Crippen molar-refractivity contribution in [2.75, 3.05) is 19.5 Å². The molecular formula is C10H13ClNO4P. The molecule has 5 nitrogen and oxygen atoms in total. The van der Waals surface area contributed by atoms with Crippen molar-refractivity contribution >= 4 is 36.1 Å². The van der Waals surface area contributed by atoms with Crippen molar-refractivity contribution in [2.45, 2.75) is 6.92 Å². The lowest BCUT2D eigenvalue weighted by molar-refractivity contribution is -0.114. The first kappa shape index (κ1) is 14.2. The van der Waals surface area contributed by atoms with Crippen LogP contribution in [-0.2, 0) is 18.4 Å². The number of carbonyl (C=O) groups excluding carboxylic acids is 1. The summed E-state index contributed by atoms with van der Waals surface area (Å²) in [6.45, 7) is 1.35. The van der Waals surface area contributed by atoms with Gasteiger partial charge >= 0.3 is 7.60 Å². The zero-order chi connectivity index (χ0) is 13.1. The molecule has 0 aliphatic heterocycles. The van der Waals surface area contributed by atoms with Crippen LogP contribution in [0.4, 0.5) is 5.69 Å². The predicted octanol–water partition coefficient (Wildman–Crippen LogP) is 2.41. The normalized spacial score (nSPS) is 11.3. The van der Waals surface area contributed by atoms with Crippen molar-refractivity contribution in [3.8, 4) is 0 Å². The molecule has 0 unspecified atom stereocenters. The third-order valence-electron chi connectivity index (χ3n) is 2.05. The SMILES string of the molecule is COP(=O)(OC)c1cc(Cl)ccc1NC(C)=O. The second-order valence-corrected chi connectivity index (χ2v) is 5.85. The Kier molecular flexibility index (Phi) is 4.71. The second-order valence-electron chi connectivity index (χ2n) is 3.21. The molecule has 0 saturated heterocycles. The lowest BCUT2D eigenvalue weighted by atomic mass is 10.3. The van der Waals surface area contributed by atoms with Gasteiger partial charge in [-0.25, -0.2) is 0 Å². The lowest BCUT2D eigenvalue weighted by Gasteiger charge is -2.17. The van der Waals surface area contributed by atoms with E-state index in [1.54, 1.807) is 12.1 Å². The monoisotopic (exact) mass is 277 g/mol. The number of nitrogens with one attached hydrogen (secondary N) is 1. The molecule has 1 amide bonds. The van der Waals surface area contributed by atoms with Crippen molar-refractivity contribution < 1.29 is 18.4 Å². The molecule has 0 radical (unpaired) electrons. The summed E-state index contributed by atoms with van der Waals surface area (Å²) in [5.41, 5.74) is 0.355. The fraction of sp³-hybridized carbons (Fsp3) is 0.300. The summed E-state index contributed by atoms with van der Waals surface area (Å²) in [6.07, 6.45) is 0. The first-order valence-corrected chi connectivity index (χ1v) is 6.64. The van der Waals surface area contributed by atoms with Gasteiger partial charge in [0.1, 0.15) is 0 Å². The number of rotatable bonds is 4. The van der Waals surface area contributed by atoms with E-state index in [9.17, 15) is 9.36 Å². The van der Waals surface area contributed by atoms with E-state index in [0.29, 0.717) is 10.7 Å². The highest BCUT2D eigenvalue weighted by Crippen LogP contribution is 2.47. The van der Waals surface area contributed by atoms with Crippen LogP contribution in [0, 0.1) is 0 Å². The van der Waals surface area contributed by atoms with Crippen molar-refractivity contribution in [1.82, 2.24) is 0 Å². The van der Waals surface area contributed by atoms with Crippen LogP contribution >= 0.6 is 19.2 Å². The van der Waals surface area contributed by atoms with Crippen LogP contribution in [0.5, 0.6) is 0 Å². The standard InChI is InChI=1S/C10H13ClNO4P/c1-7(13)12-9-5-4-8(11)6-10(9)17(14,15-2)16-3/h4-6H,1-3H3,(H,12,13). The molecule has 0 aromatic heterocycles. The van der Waals surface area contributed by atoms with Gasteiger partial charge in [0, 0.05) is 26.2 Å². The van der Waals surface area contributed by atoms with Gasteiger partial charge in [-0.05, 0) is 18.2 Å². The van der Waals surface area contributed by atoms with E-state index >= 15 is 0 Å². The van der Waals surface area contributed by atoms with Crippen molar-refractivity contribution in [3.05, 3.63) is 23.2 Å². The zero-order valence-electron chi connectivity index (χ0n) is 9.69. The summed E-state index contributed by atoms with van der Waals surface area (Å²) in [6, 6.07) is 4.57. The summed E-state index contributed by atoms with van der Waals surface area (Å²) in [7, 11) is -0.920. The molecule has 0 atom stereocenters. The van der Waals surface area contributed by atoms with E-state index in [1.165, 1.54) is 27.2 Å². The Balaban J connectivity index is 3.33. The van der Waals surface area contributed by atoms with Gasteiger partial charge in [-0.15, -0.1) is 0 Å². The molecule has 1 rings (SSSR count). The highest BCUT2D eigenvalue weighted by Gasteiger charge is 2.28. The maximum absolute atomic E-state index is 12.3. The summed E-state index contributed by atoms with van der Waals surface area (Å²) in [4.78, 5) is 11.0. The molecule has 7 heteroatoms. The smallest absolute Gasteiger partial charge is 0.325 e. The summed E-state index contributed by atoms with van der Waals surface area (Å²) in [5.74, 6) is -0.285. The maximum Gasteiger partial charge on any atom is 0.362 e. The molecule has 17 heavy (non-hydrogen) atoms. The van der Waals surface area contributed by atoms with E-state index in [2.05, 4.69) is 5.32 Å². The molecule has 94 valence electrons. The van der Waals surface area contributed by atoms with Gasteiger partial charge in [0.25, 0.3) is 0 Å².